The molecule has 1 N–H and O–H groups in total. The Morgan fingerprint density at radius 2 is 1.92 bits per heavy atom. The van der Waals surface area contributed by atoms with Crippen LogP contribution in [0, 0.1) is 0 Å². The zero-order chi connectivity index (χ0) is 8.72. The first kappa shape index (κ1) is 7.03. The smallest absolute Gasteiger partial charge is 0.175 e. The number of carbonyl (C=O) groups excluding carboxylic acids is 2. The minimum atomic E-state index is -0.284. The van der Waals surface area contributed by atoms with Gasteiger partial charge in [0.2, 0.25) is 0 Å². The van der Waals surface area contributed by atoms with Crippen molar-refractivity contribution >= 4 is 11.6 Å². The van der Waals surface area contributed by atoms with E-state index in [9.17, 15) is 14.7 Å². The summed E-state index contributed by atoms with van der Waals surface area (Å²) >= 11 is 0. The number of hydrogen-bond donors (Lipinski definition) is 1. The van der Waals surface area contributed by atoms with Crippen molar-refractivity contribution in [3.8, 4) is 5.75 Å². The highest BCUT2D eigenvalue weighted by Crippen LogP contribution is 2.29. The quantitative estimate of drug-likeness (QED) is 0.582. The lowest BCUT2D eigenvalue weighted by Crippen LogP contribution is -1.91. The van der Waals surface area contributed by atoms with E-state index in [1.54, 1.807) is 12.1 Å². The van der Waals surface area contributed by atoms with Crippen LogP contribution in [0.25, 0.3) is 0 Å². The van der Waals surface area contributed by atoms with Crippen LogP contribution in [0.3, 0.4) is 0 Å². The molecule has 3 heteroatoms. The van der Waals surface area contributed by atoms with Gasteiger partial charge in [0.05, 0.1) is 12.0 Å². The number of Topliss-reactive ketones (excluding diaryl/α,β-unsaturated/α-hetero) is 2. The molecule has 60 valence electrons. The fraction of sp³-hybridized carbons (Fsp3) is 0.111. The first-order valence-electron chi connectivity index (χ1n) is 3.58. The van der Waals surface area contributed by atoms with Gasteiger partial charge in [-0.15, -0.1) is 0 Å². The number of phenols is 1. The van der Waals surface area contributed by atoms with Crippen LogP contribution in [-0.4, -0.2) is 16.7 Å². The van der Waals surface area contributed by atoms with Crippen molar-refractivity contribution < 1.29 is 14.7 Å². The predicted molar refractivity (Wildman–Crippen MR) is 41.4 cm³/mol. The zero-order valence-corrected chi connectivity index (χ0v) is 6.20. The molecule has 0 unspecified atom stereocenters. The summed E-state index contributed by atoms with van der Waals surface area (Å²) in [6.07, 6.45) is -0.104. The van der Waals surface area contributed by atoms with E-state index in [0.29, 0.717) is 5.56 Å². The van der Waals surface area contributed by atoms with Crippen molar-refractivity contribution in [1.29, 1.82) is 0 Å². The lowest BCUT2D eigenvalue weighted by atomic mass is 10.1. The van der Waals surface area contributed by atoms with Crippen molar-refractivity contribution in [3.63, 3.8) is 0 Å². The Kier molecular flexibility index (Phi) is 1.27. The second-order valence-electron chi connectivity index (χ2n) is 2.72. The van der Waals surface area contributed by atoms with Gasteiger partial charge in [-0.3, -0.25) is 9.59 Å². The van der Waals surface area contributed by atoms with Crippen molar-refractivity contribution in [3.05, 3.63) is 29.3 Å². The van der Waals surface area contributed by atoms with Gasteiger partial charge in [-0.05, 0) is 6.07 Å². The maximum Gasteiger partial charge on any atom is 0.175 e. The van der Waals surface area contributed by atoms with Crippen LogP contribution < -0.4 is 0 Å². The molecule has 0 spiro atoms. The van der Waals surface area contributed by atoms with Gasteiger partial charge in [0, 0.05) is 5.56 Å². The predicted octanol–water partition coefficient (Wildman–Crippen LogP) is 1.16. The maximum atomic E-state index is 11.1. The summed E-state index contributed by atoms with van der Waals surface area (Å²) in [4.78, 5) is 22.2. The SMILES string of the molecule is O=C1CC(=O)c2c(O)cccc21. The number of phenolic OH excluding ortho intramolecular Hbond substituents is 1. The third-order valence-corrected chi connectivity index (χ3v) is 1.94. The van der Waals surface area contributed by atoms with E-state index in [1.165, 1.54) is 6.07 Å². The van der Waals surface area contributed by atoms with Crippen molar-refractivity contribution in [2.75, 3.05) is 0 Å². The Labute approximate surface area is 68.6 Å². The van der Waals surface area contributed by atoms with E-state index in [1.807, 2.05) is 0 Å². The zero-order valence-electron chi connectivity index (χ0n) is 6.20. The normalized spacial score (nSPS) is 15.0. The summed E-state index contributed by atoms with van der Waals surface area (Å²) in [6.45, 7) is 0. The molecule has 1 aromatic carbocycles. The van der Waals surface area contributed by atoms with E-state index in [4.69, 9.17) is 0 Å². The molecule has 0 radical (unpaired) electrons. The third-order valence-electron chi connectivity index (χ3n) is 1.94. The maximum absolute atomic E-state index is 11.1. The Balaban J connectivity index is 2.75. The highest BCUT2D eigenvalue weighted by Gasteiger charge is 2.29. The monoisotopic (exact) mass is 162 g/mol. The van der Waals surface area contributed by atoms with Crippen LogP contribution in [0.2, 0.25) is 0 Å². The molecule has 0 aliphatic heterocycles. The second-order valence-corrected chi connectivity index (χ2v) is 2.72. The first-order valence-corrected chi connectivity index (χ1v) is 3.58. The molecule has 0 bridgehead atoms. The van der Waals surface area contributed by atoms with Gasteiger partial charge in [0.1, 0.15) is 5.75 Å². The fourth-order valence-electron chi connectivity index (χ4n) is 1.39. The first-order chi connectivity index (χ1) is 5.70. The van der Waals surface area contributed by atoms with E-state index < -0.39 is 0 Å². The summed E-state index contributed by atoms with van der Waals surface area (Å²) in [5, 5.41) is 9.25. The van der Waals surface area contributed by atoms with E-state index in [0.717, 1.165) is 0 Å². The molecule has 0 aromatic heterocycles. The number of fused-ring (bicyclic) bond motifs is 1. The molecule has 1 aliphatic carbocycles. The van der Waals surface area contributed by atoms with Crippen LogP contribution in [0.1, 0.15) is 27.1 Å². The second kappa shape index (κ2) is 2.17. The fourth-order valence-corrected chi connectivity index (χ4v) is 1.39. The van der Waals surface area contributed by atoms with Gasteiger partial charge >= 0.3 is 0 Å². The number of carbonyl (C=O) groups is 2. The van der Waals surface area contributed by atoms with E-state index in [2.05, 4.69) is 0 Å². The van der Waals surface area contributed by atoms with Crippen LogP contribution in [0.15, 0.2) is 18.2 Å². The van der Waals surface area contributed by atoms with Crippen molar-refractivity contribution in [2.24, 2.45) is 0 Å². The summed E-state index contributed by atoms with van der Waals surface area (Å²) < 4.78 is 0. The van der Waals surface area contributed by atoms with Gasteiger partial charge in [0.15, 0.2) is 11.6 Å². The molecule has 0 amide bonds. The summed E-state index contributed by atoms with van der Waals surface area (Å²) in [6, 6.07) is 4.53. The Morgan fingerprint density at radius 1 is 1.17 bits per heavy atom. The van der Waals surface area contributed by atoms with Crippen LogP contribution >= 0.6 is 0 Å². The molecule has 1 aromatic rings. The van der Waals surface area contributed by atoms with Crippen LogP contribution in [-0.2, 0) is 0 Å². The average molecular weight is 162 g/mol. The highest BCUT2D eigenvalue weighted by molar-refractivity contribution is 6.25. The molecule has 0 fully saturated rings. The number of aromatic hydroxyl groups is 1. The standard InChI is InChI=1S/C9H6O3/c10-6-3-1-2-5-7(11)4-8(12)9(5)6/h1-3,10H,4H2. The molecule has 2 rings (SSSR count). The summed E-state index contributed by atoms with van der Waals surface area (Å²) in [5.41, 5.74) is 0.530. The van der Waals surface area contributed by atoms with E-state index in [-0.39, 0.29) is 29.3 Å². The molecule has 1 aliphatic rings. The molecule has 0 saturated heterocycles. The van der Waals surface area contributed by atoms with Gasteiger partial charge in [-0.1, -0.05) is 12.1 Å². The minimum absolute atomic E-state index is 0.0941. The number of hydrogen-bond acceptors (Lipinski definition) is 3. The van der Waals surface area contributed by atoms with Crippen molar-refractivity contribution in [2.45, 2.75) is 6.42 Å². The number of benzene rings is 1. The van der Waals surface area contributed by atoms with Gasteiger partial charge in [-0.25, -0.2) is 0 Å². The van der Waals surface area contributed by atoms with E-state index >= 15 is 0 Å². The molecule has 0 saturated carbocycles. The number of ketones is 2. The van der Waals surface area contributed by atoms with Gasteiger partial charge < -0.3 is 5.11 Å². The van der Waals surface area contributed by atoms with Crippen LogP contribution in [0.5, 0.6) is 5.75 Å². The molecule has 12 heavy (non-hydrogen) atoms. The largest absolute Gasteiger partial charge is 0.507 e. The Bertz CT molecular complexity index is 379. The molecular weight excluding hydrogens is 156 g/mol. The van der Waals surface area contributed by atoms with Crippen molar-refractivity contribution in [1.82, 2.24) is 0 Å². The highest BCUT2D eigenvalue weighted by atomic mass is 16.3. The number of rotatable bonds is 0. The Hall–Kier alpha value is -1.64. The van der Waals surface area contributed by atoms with Crippen LogP contribution in [0.4, 0.5) is 0 Å². The minimum Gasteiger partial charge on any atom is -0.507 e. The van der Waals surface area contributed by atoms with Gasteiger partial charge in [-0.2, -0.15) is 0 Å². The van der Waals surface area contributed by atoms with Gasteiger partial charge in [0.25, 0.3) is 0 Å². The summed E-state index contributed by atoms with van der Waals surface area (Å²) in [5.74, 6) is -0.581. The topological polar surface area (TPSA) is 54.4 Å². The molecule has 0 atom stereocenters. The lowest BCUT2D eigenvalue weighted by Gasteiger charge is -1.97. The Morgan fingerprint density at radius 3 is 2.58 bits per heavy atom. The average Bonchev–Trinajstić information content (AvgIpc) is 2.29. The summed E-state index contributed by atoms with van der Waals surface area (Å²) in [7, 11) is 0. The molecular formula is C9H6O3. The molecule has 0 heterocycles. The molecule has 3 nitrogen and oxygen atoms in total. The third kappa shape index (κ3) is 0.763. The lowest BCUT2D eigenvalue weighted by molar-refractivity contribution is 0.0922.